The molecule has 84 valence electrons. The summed E-state index contributed by atoms with van der Waals surface area (Å²) in [5, 5.41) is 17.8. The minimum atomic E-state index is -0.650. The predicted molar refractivity (Wildman–Crippen MR) is 62.9 cm³/mol. The Kier molecular flexibility index (Phi) is 5.11. The van der Waals surface area contributed by atoms with E-state index in [1.54, 1.807) is 0 Å². The van der Waals surface area contributed by atoms with Crippen LogP contribution in [0.2, 0.25) is 0 Å². The van der Waals surface area contributed by atoms with Crippen LogP contribution in [0, 0.1) is 0 Å². The lowest BCUT2D eigenvalue weighted by molar-refractivity contribution is 0.113. The van der Waals surface area contributed by atoms with Crippen LogP contribution in [0.4, 0.5) is 0 Å². The largest absolute Gasteiger partial charge is 0.394 e. The third-order valence-corrected chi connectivity index (χ3v) is 3.22. The molecule has 1 aromatic rings. The van der Waals surface area contributed by atoms with Gasteiger partial charge in [0.05, 0.1) is 12.7 Å². The highest BCUT2D eigenvalue weighted by atomic mass is 32.2. The molecule has 0 bridgehead atoms. The molecule has 0 spiro atoms. The second-order valence-electron chi connectivity index (χ2n) is 3.51. The van der Waals surface area contributed by atoms with Gasteiger partial charge in [-0.05, 0) is 24.6 Å². The highest BCUT2D eigenvalue weighted by Crippen LogP contribution is 2.20. The molecule has 3 nitrogen and oxygen atoms in total. The molecule has 0 aliphatic carbocycles. The number of aliphatic hydroxyl groups excluding tert-OH is 2. The van der Waals surface area contributed by atoms with Gasteiger partial charge >= 0.3 is 0 Å². The number of rotatable bonds is 5. The Morgan fingerprint density at radius 3 is 2.40 bits per heavy atom. The Morgan fingerprint density at radius 2 is 1.93 bits per heavy atom. The van der Waals surface area contributed by atoms with E-state index in [1.165, 1.54) is 11.8 Å². The van der Waals surface area contributed by atoms with Crippen LogP contribution in [0.25, 0.3) is 0 Å². The van der Waals surface area contributed by atoms with Gasteiger partial charge < -0.3 is 15.9 Å². The average molecular weight is 227 g/mol. The van der Waals surface area contributed by atoms with Crippen LogP contribution in [0.3, 0.4) is 0 Å². The van der Waals surface area contributed by atoms with Crippen molar-refractivity contribution in [2.75, 3.05) is 12.4 Å². The van der Waals surface area contributed by atoms with E-state index in [4.69, 9.17) is 10.8 Å². The second kappa shape index (κ2) is 6.12. The normalized spacial score (nSPS) is 14.9. The van der Waals surface area contributed by atoms with E-state index in [1.807, 2.05) is 31.2 Å². The standard InChI is InChI=1S/C11H17NO2S/c1-8(12)9-2-4-11(5-3-9)15-7-10(14)6-13/h2-5,8,10,13-14H,6-7,12H2,1H3. The van der Waals surface area contributed by atoms with E-state index in [-0.39, 0.29) is 12.6 Å². The summed E-state index contributed by atoms with van der Waals surface area (Å²) in [4.78, 5) is 1.08. The fourth-order valence-electron chi connectivity index (χ4n) is 1.11. The van der Waals surface area contributed by atoms with E-state index >= 15 is 0 Å². The molecule has 2 atom stereocenters. The summed E-state index contributed by atoms with van der Waals surface area (Å²) in [7, 11) is 0. The minimum Gasteiger partial charge on any atom is -0.394 e. The Morgan fingerprint density at radius 1 is 1.33 bits per heavy atom. The summed E-state index contributed by atoms with van der Waals surface area (Å²) in [5.41, 5.74) is 6.83. The van der Waals surface area contributed by atoms with Crippen molar-refractivity contribution in [3.8, 4) is 0 Å². The molecule has 0 saturated heterocycles. The lowest BCUT2D eigenvalue weighted by Crippen LogP contribution is -2.14. The van der Waals surface area contributed by atoms with Crippen molar-refractivity contribution < 1.29 is 10.2 Å². The lowest BCUT2D eigenvalue weighted by Gasteiger charge is -2.08. The first-order valence-corrected chi connectivity index (χ1v) is 5.89. The van der Waals surface area contributed by atoms with Gasteiger partial charge in [0.25, 0.3) is 0 Å². The lowest BCUT2D eigenvalue weighted by atomic mass is 10.1. The van der Waals surface area contributed by atoms with Gasteiger partial charge in [0, 0.05) is 16.7 Å². The summed E-state index contributed by atoms with van der Waals surface area (Å²) in [5.74, 6) is 0.508. The maximum absolute atomic E-state index is 9.17. The zero-order valence-electron chi connectivity index (χ0n) is 8.76. The van der Waals surface area contributed by atoms with E-state index < -0.39 is 6.10 Å². The third kappa shape index (κ3) is 4.22. The average Bonchev–Trinajstić information content (AvgIpc) is 2.26. The van der Waals surface area contributed by atoms with Gasteiger partial charge in [0.2, 0.25) is 0 Å². The van der Waals surface area contributed by atoms with Crippen LogP contribution in [0.1, 0.15) is 18.5 Å². The number of hydrogen-bond donors (Lipinski definition) is 3. The molecule has 2 unspecified atom stereocenters. The summed E-state index contributed by atoms with van der Waals surface area (Å²) in [6.07, 6.45) is -0.650. The first-order chi connectivity index (χ1) is 7.13. The third-order valence-electron chi connectivity index (χ3n) is 2.06. The van der Waals surface area contributed by atoms with Crippen molar-refractivity contribution in [2.45, 2.75) is 24.0 Å². The van der Waals surface area contributed by atoms with Gasteiger partial charge in [-0.25, -0.2) is 0 Å². The minimum absolute atomic E-state index is 0.0482. The summed E-state index contributed by atoms with van der Waals surface area (Å²) >= 11 is 1.52. The topological polar surface area (TPSA) is 66.5 Å². The second-order valence-corrected chi connectivity index (χ2v) is 4.60. The Balaban J connectivity index is 2.50. The fraction of sp³-hybridized carbons (Fsp3) is 0.455. The first-order valence-electron chi connectivity index (χ1n) is 4.90. The number of thioether (sulfide) groups is 1. The molecule has 4 heteroatoms. The van der Waals surface area contributed by atoms with Crippen LogP contribution in [0.15, 0.2) is 29.2 Å². The van der Waals surface area contributed by atoms with Crippen molar-refractivity contribution in [3.05, 3.63) is 29.8 Å². The van der Waals surface area contributed by atoms with Crippen LogP contribution in [0.5, 0.6) is 0 Å². The summed E-state index contributed by atoms with van der Waals surface area (Å²) in [6.45, 7) is 1.75. The quantitative estimate of drug-likeness (QED) is 0.660. The number of nitrogens with two attached hydrogens (primary N) is 1. The molecule has 0 heterocycles. The molecule has 0 aliphatic rings. The van der Waals surface area contributed by atoms with Crippen molar-refractivity contribution in [2.24, 2.45) is 5.73 Å². The van der Waals surface area contributed by atoms with E-state index in [2.05, 4.69) is 0 Å². The maximum Gasteiger partial charge on any atom is 0.0864 e. The van der Waals surface area contributed by atoms with Crippen molar-refractivity contribution in [1.82, 2.24) is 0 Å². The monoisotopic (exact) mass is 227 g/mol. The van der Waals surface area contributed by atoms with Gasteiger partial charge in [-0.3, -0.25) is 0 Å². The highest BCUT2D eigenvalue weighted by Gasteiger charge is 2.03. The fourth-order valence-corrected chi connectivity index (χ4v) is 1.93. The zero-order chi connectivity index (χ0) is 11.3. The molecule has 0 radical (unpaired) electrons. The number of hydrogen-bond acceptors (Lipinski definition) is 4. The van der Waals surface area contributed by atoms with Gasteiger partial charge in [0.15, 0.2) is 0 Å². The molecular weight excluding hydrogens is 210 g/mol. The number of aliphatic hydroxyl groups is 2. The van der Waals surface area contributed by atoms with Crippen molar-refractivity contribution in [3.63, 3.8) is 0 Å². The van der Waals surface area contributed by atoms with Crippen molar-refractivity contribution in [1.29, 1.82) is 0 Å². The van der Waals surface area contributed by atoms with Gasteiger partial charge in [0.1, 0.15) is 0 Å². The van der Waals surface area contributed by atoms with Gasteiger partial charge in [-0.2, -0.15) is 0 Å². The molecule has 0 aromatic heterocycles. The molecular formula is C11H17NO2S. The van der Waals surface area contributed by atoms with Crippen LogP contribution in [-0.4, -0.2) is 28.7 Å². The van der Waals surface area contributed by atoms with Gasteiger partial charge in [-0.1, -0.05) is 12.1 Å². The molecule has 0 amide bonds. The predicted octanol–water partition coefficient (Wildman–Crippen LogP) is 1.15. The molecule has 0 saturated carbocycles. The molecule has 0 fully saturated rings. The SMILES string of the molecule is CC(N)c1ccc(SCC(O)CO)cc1. The smallest absolute Gasteiger partial charge is 0.0864 e. The summed E-state index contributed by atoms with van der Waals surface area (Å²) in [6, 6.07) is 7.98. The van der Waals surface area contributed by atoms with Crippen LogP contribution >= 0.6 is 11.8 Å². The van der Waals surface area contributed by atoms with E-state index in [9.17, 15) is 5.11 Å². The molecule has 4 N–H and O–H groups in total. The summed E-state index contributed by atoms with van der Waals surface area (Å²) < 4.78 is 0. The Labute approximate surface area is 94.3 Å². The molecule has 1 aromatic carbocycles. The Hall–Kier alpha value is -0.550. The van der Waals surface area contributed by atoms with Gasteiger partial charge in [-0.15, -0.1) is 11.8 Å². The first kappa shape index (κ1) is 12.5. The van der Waals surface area contributed by atoms with E-state index in [0.717, 1.165) is 10.5 Å². The molecule has 1 rings (SSSR count). The highest BCUT2D eigenvalue weighted by molar-refractivity contribution is 7.99. The zero-order valence-corrected chi connectivity index (χ0v) is 9.57. The van der Waals surface area contributed by atoms with Crippen LogP contribution < -0.4 is 5.73 Å². The molecule has 0 aliphatic heterocycles. The van der Waals surface area contributed by atoms with E-state index in [0.29, 0.717) is 5.75 Å². The van der Waals surface area contributed by atoms with Crippen LogP contribution in [-0.2, 0) is 0 Å². The Bertz CT molecular complexity index is 287. The maximum atomic E-state index is 9.17. The van der Waals surface area contributed by atoms with Crippen molar-refractivity contribution >= 4 is 11.8 Å². The number of benzene rings is 1. The molecule has 15 heavy (non-hydrogen) atoms.